The van der Waals surface area contributed by atoms with Crippen LogP contribution in [0.25, 0.3) is 0 Å². The Balaban J connectivity index is 2.32. The van der Waals surface area contributed by atoms with Crippen LogP contribution >= 0.6 is 0 Å². The Morgan fingerprint density at radius 3 is 2.89 bits per heavy atom. The van der Waals surface area contributed by atoms with Crippen LogP contribution in [0.3, 0.4) is 0 Å². The molecule has 0 aliphatic carbocycles. The summed E-state index contributed by atoms with van der Waals surface area (Å²) in [5.74, 6) is -0.373. The molecule has 1 aromatic carbocycles. The van der Waals surface area contributed by atoms with Crippen LogP contribution in [-0.2, 0) is 16.1 Å². The van der Waals surface area contributed by atoms with Gasteiger partial charge in [0.1, 0.15) is 11.6 Å². The highest BCUT2D eigenvalue weighted by Gasteiger charge is 2.05. The molecule has 1 aromatic rings. The monoisotopic (exact) mass is 270 g/mol. The number of halogens is 1. The van der Waals surface area contributed by atoms with Crippen LogP contribution in [-0.4, -0.2) is 32.8 Å². The number of carbonyl (C=O) groups excluding carboxylic acids is 1. The molecule has 19 heavy (non-hydrogen) atoms. The van der Waals surface area contributed by atoms with Gasteiger partial charge >= 0.3 is 0 Å². The smallest absolute Gasteiger partial charge is 0.257 e. The summed E-state index contributed by atoms with van der Waals surface area (Å²) in [6, 6.07) is 4.35. The minimum absolute atomic E-state index is 0.131. The average Bonchev–Trinajstić information content (AvgIpc) is 2.41. The molecule has 3 N–H and O–H groups in total. The van der Waals surface area contributed by atoms with Gasteiger partial charge in [-0.2, -0.15) is 0 Å². The predicted octanol–water partition coefficient (Wildman–Crippen LogP) is 0.816. The quantitative estimate of drug-likeness (QED) is 0.686. The van der Waals surface area contributed by atoms with Gasteiger partial charge in [0, 0.05) is 38.4 Å². The van der Waals surface area contributed by atoms with E-state index in [2.05, 4.69) is 5.32 Å². The topological polar surface area (TPSA) is 73.6 Å². The van der Waals surface area contributed by atoms with E-state index in [1.54, 1.807) is 19.2 Å². The minimum atomic E-state index is -0.430. The molecule has 0 saturated heterocycles. The summed E-state index contributed by atoms with van der Waals surface area (Å²) in [4.78, 5) is 11.4. The number of rotatable bonds is 8. The van der Waals surface area contributed by atoms with E-state index in [4.69, 9.17) is 15.2 Å². The lowest BCUT2D eigenvalue weighted by Crippen LogP contribution is -2.30. The SMILES string of the molecule is COCCCNC(=O)COc1ccc(CN)c(F)c1. The normalized spacial score (nSPS) is 10.3. The van der Waals surface area contributed by atoms with Gasteiger partial charge in [-0.05, 0) is 12.5 Å². The fraction of sp³-hybridized carbons (Fsp3) is 0.462. The first-order valence-corrected chi connectivity index (χ1v) is 6.04. The van der Waals surface area contributed by atoms with E-state index < -0.39 is 5.82 Å². The molecule has 0 bridgehead atoms. The Hall–Kier alpha value is -1.66. The highest BCUT2D eigenvalue weighted by Crippen LogP contribution is 2.16. The van der Waals surface area contributed by atoms with E-state index in [0.29, 0.717) is 24.5 Å². The van der Waals surface area contributed by atoms with Crippen LogP contribution < -0.4 is 15.8 Å². The largest absolute Gasteiger partial charge is 0.484 e. The van der Waals surface area contributed by atoms with Crippen LogP contribution in [0.2, 0.25) is 0 Å². The molecule has 5 nitrogen and oxygen atoms in total. The molecular formula is C13H19FN2O3. The molecule has 0 unspecified atom stereocenters. The Morgan fingerprint density at radius 2 is 2.26 bits per heavy atom. The predicted molar refractivity (Wildman–Crippen MR) is 69.3 cm³/mol. The third kappa shape index (κ3) is 5.67. The number of ether oxygens (including phenoxy) is 2. The maximum Gasteiger partial charge on any atom is 0.257 e. The second-order valence-electron chi connectivity index (χ2n) is 3.94. The van der Waals surface area contributed by atoms with Gasteiger partial charge in [0.15, 0.2) is 6.61 Å². The van der Waals surface area contributed by atoms with Gasteiger partial charge in [-0.3, -0.25) is 4.79 Å². The third-order valence-electron chi connectivity index (χ3n) is 2.46. The van der Waals surface area contributed by atoms with Gasteiger partial charge < -0.3 is 20.5 Å². The molecule has 0 fully saturated rings. The molecular weight excluding hydrogens is 251 g/mol. The van der Waals surface area contributed by atoms with Gasteiger partial charge in [0.2, 0.25) is 0 Å². The molecule has 106 valence electrons. The lowest BCUT2D eigenvalue weighted by Gasteiger charge is -2.08. The van der Waals surface area contributed by atoms with Gasteiger partial charge in [-0.15, -0.1) is 0 Å². The summed E-state index contributed by atoms with van der Waals surface area (Å²) in [6.45, 7) is 1.10. The summed E-state index contributed by atoms with van der Waals surface area (Å²) >= 11 is 0. The van der Waals surface area contributed by atoms with Gasteiger partial charge in [0.05, 0.1) is 0 Å². The maximum absolute atomic E-state index is 13.4. The number of hydrogen-bond donors (Lipinski definition) is 2. The van der Waals surface area contributed by atoms with Crippen LogP contribution in [0.4, 0.5) is 4.39 Å². The summed E-state index contributed by atoms with van der Waals surface area (Å²) in [5, 5.41) is 2.67. The maximum atomic E-state index is 13.4. The number of benzene rings is 1. The van der Waals surface area contributed by atoms with E-state index >= 15 is 0 Å². The first-order chi connectivity index (χ1) is 9.17. The first-order valence-electron chi connectivity index (χ1n) is 6.04. The average molecular weight is 270 g/mol. The van der Waals surface area contributed by atoms with E-state index in [1.807, 2.05) is 0 Å². The standard InChI is InChI=1S/C13H19FN2O3/c1-18-6-2-5-16-13(17)9-19-11-4-3-10(8-15)12(14)7-11/h3-4,7H,2,5-6,8-9,15H2,1H3,(H,16,17). The van der Waals surface area contributed by atoms with Crippen molar-refractivity contribution in [3.8, 4) is 5.75 Å². The van der Waals surface area contributed by atoms with Crippen molar-refractivity contribution in [3.63, 3.8) is 0 Å². The molecule has 1 amide bonds. The van der Waals surface area contributed by atoms with Crippen molar-refractivity contribution < 1.29 is 18.7 Å². The Kier molecular flexibility index (Phi) is 6.84. The minimum Gasteiger partial charge on any atom is -0.484 e. The molecule has 0 aliphatic rings. The summed E-state index contributed by atoms with van der Waals surface area (Å²) in [7, 11) is 1.60. The molecule has 0 aromatic heterocycles. The second kappa shape index (κ2) is 8.44. The second-order valence-corrected chi connectivity index (χ2v) is 3.94. The van der Waals surface area contributed by atoms with E-state index in [0.717, 1.165) is 6.42 Å². The number of hydrogen-bond acceptors (Lipinski definition) is 4. The van der Waals surface area contributed by atoms with Crippen molar-refractivity contribution in [1.29, 1.82) is 0 Å². The molecule has 6 heteroatoms. The highest BCUT2D eigenvalue weighted by molar-refractivity contribution is 5.77. The van der Waals surface area contributed by atoms with Gasteiger partial charge in [-0.25, -0.2) is 4.39 Å². The summed E-state index contributed by atoms with van der Waals surface area (Å²) < 4.78 is 23.4. The molecule has 0 saturated carbocycles. The van der Waals surface area contributed by atoms with Crippen molar-refractivity contribution in [1.82, 2.24) is 5.32 Å². The zero-order chi connectivity index (χ0) is 14.1. The highest BCUT2D eigenvalue weighted by atomic mass is 19.1. The number of methoxy groups -OCH3 is 1. The Bertz CT molecular complexity index is 413. The van der Waals surface area contributed by atoms with Crippen molar-refractivity contribution >= 4 is 5.91 Å². The molecule has 0 spiro atoms. The number of nitrogens with two attached hydrogens (primary N) is 1. The lowest BCUT2D eigenvalue weighted by molar-refractivity contribution is -0.123. The number of nitrogens with one attached hydrogen (secondary N) is 1. The third-order valence-corrected chi connectivity index (χ3v) is 2.46. The van der Waals surface area contributed by atoms with Crippen LogP contribution in [0.15, 0.2) is 18.2 Å². The zero-order valence-corrected chi connectivity index (χ0v) is 10.9. The van der Waals surface area contributed by atoms with E-state index in [9.17, 15) is 9.18 Å². The number of carbonyl (C=O) groups is 1. The molecule has 0 aliphatic heterocycles. The Morgan fingerprint density at radius 1 is 1.47 bits per heavy atom. The first kappa shape index (κ1) is 15.4. The van der Waals surface area contributed by atoms with Gasteiger partial charge in [0.25, 0.3) is 5.91 Å². The fourth-order valence-electron chi connectivity index (χ4n) is 1.43. The van der Waals surface area contributed by atoms with Crippen LogP contribution in [0, 0.1) is 5.82 Å². The van der Waals surface area contributed by atoms with Crippen molar-refractivity contribution in [3.05, 3.63) is 29.6 Å². The summed E-state index contributed by atoms with van der Waals surface area (Å²) in [6.07, 6.45) is 0.738. The van der Waals surface area contributed by atoms with Crippen molar-refractivity contribution in [2.24, 2.45) is 5.73 Å². The molecule has 0 atom stereocenters. The van der Waals surface area contributed by atoms with Crippen LogP contribution in [0.1, 0.15) is 12.0 Å². The molecule has 1 rings (SSSR count). The summed E-state index contributed by atoms with van der Waals surface area (Å²) in [5.41, 5.74) is 5.76. The van der Waals surface area contributed by atoms with Crippen molar-refractivity contribution in [2.45, 2.75) is 13.0 Å². The van der Waals surface area contributed by atoms with E-state index in [-0.39, 0.29) is 19.1 Å². The Labute approximate surface area is 111 Å². The van der Waals surface area contributed by atoms with Crippen LogP contribution in [0.5, 0.6) is 5.75 Å². The van der Waals surface area contributed by atoms with Gasteiger partial charge in [-0.1, -0.05) is 6.07 Å². The van der Waals surface area contributed by atoms with Crippen molar-refractivity contribution in [2.75, 3.05) is 26.9 Å². The zero-order valence-electron chi connectivity index (χ0n) is 10.9. The fourth-order valence-corrected chi connectivity index (χ4v) is 1.43. The van der Waals surface area contributed by atoms with E-state index in [1.165, 1.54) is 6.07 Å². The molecule has 0 heterocycles. The number of amides is 1. The lowest BCUT2D eigenvalue weighted by atomic mass is 10.2. The molecule has 0 radical (unpaired) electrons.